The Morgan fingerprint density at radius 2 is 1.86 bits per heavy atom. The molecule has 112 valence electrons. The van der Waals surface area contributed by atoms with Crippen LogP contribution in [0.1, 0.15) is 5.69 Å². The van der Waals surface area contributed by atoms with Gasteiger partial charge in [-0.05, 0) is 43.3 Å². The number of aromatic amines is 1. The molecule has 0 amide bonds. The highest BCUT2D eigenvalue weighted by atomic mass is 35.5. The molecule has 3 N–H and O–H groups in total. The Kier molecular flexibility index (Phi) is 3.96. The van der Waals surface area contributed by atoms with E-state index in [0.717, 1.165) is 17.0 Å². The first-order valence-corrected chi connectivity index (χ1v) is 7.33. The zero-order valence-corrected chi connectivity index (χ0v) is 13.2. The van der Waals surface area contributed by atoms with Crippen LogP contribution < -0.4 is 10.5 Å². The predicted octanol–water partition coefficient (Wildman–Crippen LogP) is 5.07. The molecule has 0 aliphatic carbocycles. The minimum atomic E-state index is 0.470. The Morgan fingerprint density at radius 1 is 1.05 bits per heavy atom. The van der Waals surface area contributed by atoms with Gasteiger partial charge in [0.2, 0.25) is 0 Å². The highest BCUT2D eigenvalue weighted by Crippen LogP contribution is 2.36. The van der Waals surface area contributed by atoms with Gasteiger partial charge in [0.05, 0.1) is 16.4 Å². The molecule has 6 heteroatoms. The summed E-state index contributed by atoms with van der Waals surface area (Å²) in [6.07, 6.45) is 0. The van der Waals surface area contributed by atoms with Gasteiger partial charge in [-0.25, -0.2) is 0 Å². The second-order valence-corrected chi connectivity index (χ2v) is 5.71. The third kappa shape index (κ3) is 3.03. The molecule has 0 bridgehead atoms. The molecular weight excluding hydrogens is 321 g/mol. The minimum Gasteiger partial charge on any atom is -0.454 e. The summed E-state index contributed by atoms with van der Waals surface area (Å²) < 4.78 is 5.75. The van der Waals surface area contributed by atoms with Crippen LogP contribution >= 0.6 is 23.2 Å². The molecule has 0 aliphatic rings. The Balaban J connectivity index is 1.91. The van der Waals surface area contributed by atoms with E-state index in [2.05, 4.69) is 10.2 Å². The van der Waals surface area contributed by atoms with E-state index in [1.165, 1.54) is 0 Å². The molecule has 1 aromatic heterocycles. The average Bonchev–Trinajstić information content (AvgIpc) is 2.91. The van der Waals surface area contributed by atoms with Gasteiger partial charge in [-0.1, -0.05) is 23.2 Å². The SMILES string of the molecule is Cc1cc(-c2ccc(Oc3cc(Cl)ccc3N)c(Cl)c2)n[nH]1. The summed E-state index contributed by atoms with van der Waals surface area (Å²) in [7, 11) is 0. The first-order valence-electron chi connectivity index (χ1n) is 6.58. The number of nitrogens with one attached hydrogen (secondary N) is 1. The number of ether oxygens (including phenoxy) is 1. The lowest BCUT2D eigenvalue weighted by Gasteiger charge is -2.11. The average molecular weight is 334 g/mol. The number of aryl methyl sites for hydroxylation is 1. The summed E-state index contributed by atoms with van der Waals surface area (Å²) in [6.45, 7) is 1.94. The minimum absolute atomic E-state index is 0.470. The summed E-state index contributed by atoms with van der Waals surface area (Å²) in [5, 5.41) is 8.12. The number of nitrogen functional groups attached to an aromatic ring is 1. The van der Waals surface area contributed by atoms with E-state index in [-0.39, 0.29) is 0 Å². The zero-order valence-electron chi connectivity index (χ0n) is 11.7. The largest absolute Gasteiger partial charge is 0.454 e. The lowest BCUT2D eigenvalue weighted by Crippen LogP contribution is -1.92. The third-order valence-electron chi connectivity index (χ3n) is 3.13. The van der Waals surface area contributed by atoms with Crippen molar-refractivity contribution in [2.75, 3.05) is 5.73 Å². The van der Waals surface area contributed by atoms with E-state index in [4.69, 9.17) is 33.7 Å². The number of halogens is 2. The van der Waals surface area contributed by atoms with Crippen LogP contribution in [0.5, 0.6) is 11.5 Å². The fourth-order valence-electron chi connectivity index (χ4n) is 2.02. The maximum atomic E-state index is 6.29. The molecule has 0 saturated heterocycles. The lowest BCUT2D eigenvalue weighted by molar-refractivity contribution is 0.485. The van der Waals surface area contributed by atoms with Gasteiger partial charge < -0.3 is 10.5 Å². The quantitative estimate of drug-likeness (QED) is 0.658. The highest BCUT2D eigenvalue weighted by molar-refractivity contribution is 6.32. The predicted molar refractivity (Wildman–Crippen MR) is 89.7 cm³/mol. The smallest absolute Gasteiger partial charge is 0.151 e. The Morgan fingerprint density at radius 3 is 2.55 bits per heavy atom. The second-order valence-electron chi connectivity index (χ2n) is 4.87. The normalized spacial score (nSPS) is 10.7. The lowest BCUT2D eigenvalue weighted by atomic mass is 10.1. The molecule has 2 aromatic carbocycles. The van der Waals surface area contributed by atoms with Crippen LogP contribution in [-0.2, 0) is 0 Å². The van der Waals surface area contributed by atoms with Crippen molar-refractivity contribution in [1.82, 2.24) is 10.2 Å². The molecular formula is C16H13Cl2N3O. The Bertz CT molecular complexity index is 830. The van der Waals surface area contributed by atoms with Crippen LogP contribution in [0.15, 0.2) is 42.5 Å². The topological polar surface area (TPSA) is 63.9 Å². The molecule has 3 aromatic rings. The number of H-pyrrole nitrogens is 1. The van der Waals surface area contributed by atoms with Gasteiger partial charge in [0.1, 0.15) is 5.75 Å². The second kappa shape index (κ2) is 5.91. The first kappa shape index (κ1) is 14.8. The van der Waals surface area contributed by atoms with Crippen molar-refractivity contribution >= 4 is 28.9 Å². The molecule has 3 rings (SSSR count). The van der Waals surface area contributed by atoms with Crippen molar-refractivity contribution in [3.63, 3.8) is 0 Å². The fourth-order valence-corrected chi connectivity index (χ4v) is 2.41. The van der Waals surface area contributed by atoms with Crippen LogP contribution in [-0.4, -0.2) is 10.2 Å². The van der Waals surface area contributed by atoms with Gasteiger partial charge in [0, 0.05) is 22.3 Å². The van der Waals surface area contributed by atoms with Crippen molar-refractivity contribution in [3.8, 4) is 22.8 Å². The fraction of sp³-hybridized carbons (Fsp3) is 0.0625. The number of aromatic nitrogens is 2. The van der Waals surface area contributed by atoms with Gasteiger partial charge in [-0.2, -0.15) is 5.10 Å². The van der Waals surface area contributed by atoms with Crippen LogP contribution in [0, 0.1) is 6.92 Å². The van der Waals surface area contributed by atoms with E-state index in [9.17, 15) is 0 Å². The summed E-state index contributed by atoms with van der Waals surface area (Å²) in [4.78, 5) is 0. The van der Waals surface area contributed by atoms with Gasteiger partial charge in [0.25, 0.3) is 0 Å². The van der Waals surface area contributed by atoms with Crippen LogP contribution in [0.4, 0.5) is 5.69 Å². The number of nitrogens with zero attached hydrogens (tertiary/aromatic N) is 1. The van der Waals surface area contributed by atoms with Crippen molar-refractivity contribution in [2.24, 2.45) is 0 Å². The Hall–Kier alpha value is -2.17. The third-order valence-corrected chi connectivity index (χ3v) is 3.66. The van der Waals surface area contributed by atoms with Crippen molar-refractivity contribution < 1.29 is 4.74 Å². The van der Waals surface area contributed by atoms with Crippen LogP contribution in [0.2, 0.25) is 10.0 Å². The molecule has 0 unspecified atom stereocenters. The van der Waals surface area contributed by atoms with Gasteiger partial charge in [0.15, 0.2) is 5.75 Å². The number of benzene rings is 2. The van der Waals surface area contributed by atoms with Gasteiger partial charge >= 0.3 is 0 Å². The van der Waals surface area contributed by atoms with E-state index < -0.39 is 0 Å². The molecule has 0 saturated carbocycles. The molecule has 1 heterocycles. The molecule has 0 fully saturated rings. The van der Waals surface area contributed by atoms with Gasteiger partial charge in [-0.3, -0.25) is 5.10 Å². The number of hydrogen-bond donors (Lipinski definition) is 2. The van der Waals surface area contributed by atoms with Crippen molar-refractivity contribution in [1.29, 1.82) is 0 Å². The van der Waals surface area contributed by atoms with Crippen molar-refractivity contribution in [2.45, 2.75) is 6.92 Å². The highest BCUT2D eigenvalue weighted by Gasteiger charge is 2.10. The standard InChI is InChI=1S/C16H13Cl2N3O/c1-9-6-14(21-20-9)10-2-5-15(12(18)7-10)22-16-8-11(17)3-4-13(16)19/h2-8H,19H2,1H3,(H,20,21). The summed E-state index contributed by atoms with van der Waals surface area (Å²) in [5.74, 6) is 0.976. The molecule has 22 heavy (non-hydrogen) atoms. The maximum Gasteiger partial charge on any atom is 0.151 e. The number of hydrogen-bond acceptors (Lipinski definition) is 3. The molecule has 0 aliphatic heterocycles. The number of anilines is 1. The molecule has 4 nitrogen and oxygen atoms in total. The monoisotopic (exact) mass is 333 g/mol. The van der Waals surface area contributed by atoms with Crippen LogP contribution in [0.25, 0.3) is 11.3 Å². The summed E-state index contributed by atoms with van der Waals surface area (Å²) in [5.41, 5.74) is 9.08. The first-order chi connectivity index (χ1) is 10.5. The van der Waals surface area contributed by atoms with E-state index in [1.54, 1.807) is 30.3 Å². The molecule has 0 radical (unpaired) electrons. The number of rotatable bonds is 3. The maximum absolute atomic E-state index is 6.29. The molecule has 0 atom stereocenters. The zero-order chi connectivity index (χ0) is 15.7. The summed E-state index contributed by atoms with van der Waals surface area (Å²) >= 11 is 12.2. The van der Waals surface area contributed by atoms with Gasteiger partial charge in [-0.15, -0.1) is 0 Å². The van der Waals surface area contributed by atoms with Crippen LogP contribution in [0.3, 0.4) is 0 Å². The van der Waals surface area contributed by atoms with E-state index in [0.29, 0.717) is 27.2 Å². The summed E-state index contributed by atoms with van der Waals surface area (Å²) in [6, 6.07) is 12.5. The van der Waals surface area contributed by atoms with E-state index in [1.807, 2.05) is 19.1 Å². The molecule has 0 spiro atoms. The Labute approximate surface area is 137 Å². The number of nitrogens with two attached hydrogens (primary N) is 1. The van der Waals surface area contributed by atoms with Crippen molar-refractivity contribution in [3.05, 3.63) is 58.2 Å². The van der Waals surface area contributed by atoms with E-state index >= 15 is 0 Å².